The summed E-state index contributed by atoms with van der Waals surface area (Å²) in [6.45, 7) is 0.678. The summed E-state index contributed by atoms with van der Waals surface area (Å²) in [4.78, 5) is 25.8. The van der Waals surface area contributed by atoms with E-state index in [1.54, 1.807) is 24.3 Å². The van der Waals surface area contributed by atoms with Crippen molar-refractivity contribution < 1.29 is 28.6 Å². The molecule has 7 heteroatoms. The number of carbonyl (C=O) groups is 2. The Balaban J connectivity index is 1.74. The quantitative estimate of drug-likeness (QED) is 0.859. The predicted octanol–water partition coefficient (Wildman–Crippen LogP) is 1.93. The van der Waals surface area contributed by atoms with Gasteiger partial charge >= 0.3 is 5.97 Å². The van der Waals surface area contributed by atoms with Gasteiger partial charge in [-0.05, 0) is 18.6 Å². The Kier molecular flexibility index (Phi) is 4.67. The molecule has 2 aromatic rings. The normalized spacial score (nSPS) is 20.2. The third-order valence-electron chi connectivity index (χ3n) is 4.79. The maximum absolute atomic E-state index is 12.6. The molecule has 0 bridgehead atoms. The number of fused-ring (bicyclic) bond motifs is 1. The number of likely N-dealkylation sites (tertiary alicyclic amines) is 1. The fourth-order valence-electron chi connectivity index (χ4n) is 3.32. The second kappa shape index (κ2) is 6.76. The number of amides is 1. The Hall–Kier alpha value is -2.54. The van der Waals surface area contributed by atoms with E-state index in [2.05, 4.69) is 0 Å². The van der Waals surface area contributed by atoms with Gasteiger partial charge in [0, 0.05) is 37.2 Å². The topological polar surface area (TPSA) is 89.2 Å². The van der Waals surface area contributed by atoms with E-state index < -0.39 is 11.4 Å². The summed E-state index contributed by atoms with van der Waals surface area (Å²) in [7, 11) is 3.05. The van der Waals surface area contributed by atoms with Crippen LogP contribution in [0.4, 0.5) is 0 Å². The van der Waals surface area contributed by atoms with Crippen molar-refractivity contribution in [3.63, 3.8) is 0 Å². The molecule has 1 aliphatic heterocycles. The fourth-order valence-corrected chi connectivity index (χ4v) is 3.32. The number of methoxy groups -OCH3 is 2. The summed E-state index contributed by atoms with van der Waals surface area (Å²) in [5, 5.41) is 10.4. The summed E-state index contributed by atoms with van der Waals surface area (Å²) in [6, 6.07) is 5.44. The molecular weight excluding hydrogens is 326 g/mol. The van der Waals surface area contributed by atoms with Crippen molar-refractivity contribution in [1.29, 1.82) is 0 Å². The lowest BCUT2D eigenvalue weighted by atomic mass is 9.88. The number of nitrogens with zero attached hydrogens (tertiary/aromatic N) is 1. The zero-order valence-corrected chi connectivity index (χ0v) is 14.3. The largest absolute Gasteiger partial charge is 0.497 e. The maximum atomic E-state index is 12.6. The SMILES string of the molecule is COCC1(C(=O)O)CCN(C(=O)Cc2coc3cc(OC)ccc23)C1. The minimum atomic E-state index is -1.02. The number of aliphatic carboxylic acids is 1. The van der Waals surface area contributed by atoms with Crippen molar-refractivity contribution >= 4 is 22.8 Å². The van der Waals surface area contributed by atoms with Crippen LogP contribution >= 0.6 is 0 Å². The van der Waals surface area contributed by atoms with Crippen LogP contribution in [0, 0.1) is 5.41 Å². The highest BCUT2D eigenvalue weighted by molar-refractivity contribution is 5.89. The summed E-state index contributed by atoms with van der Waals surface area (Å²) in [5.41, 5.74) is 0.418. The molecule has 1 amide bonds. The Morgan fingerprint density at radius 2 is 2.16 bits per heavy atom. The molecule has 1 aromatic heterocycles. The lowest BCUT2D eigenvalue weighted by Crippen LogP contribution is -2.40. The fraction of sp³-hybridized carbons (Fsp3) is 0.444. The molecule has 7 nitrogen and oxygen atoms in total. The van der Waals surface area contributed by atoms with Gasteiger partial charge in [0.2, 0.25) is 5.91 Å². The van der Waals surface area contributed by atoms with Crippen LogP contribution in [0.15, 0.2) is 28.9 Å². The molecule has 1 aromatic carbocycles. The van der Waals surface area contributed by atoms with E-state index >= 15 is 0 Å². The zero-order chi connectivity index (χ0) is 18.0. The molecule has 3 rings (SSSR count). The van der Waals surface area contributed by atoms with Gasteiger partial charge in [0.1, 0.15) is 16.7 Å². The first-order valence-corrected chi connectivity index (χ1v) is 8.03. The van der Waals surface area contributed by atoms with Crippen LogP contribution < -0.4 is 4.74 Å². The number of carboxylic acid groups (broad SMARTS) is 1. The molecule has 25 heavy (non-hydrogen) atoms. The van der Waals surface area contributed by atoms with E-state index in [1.807, 2.05) is 12.1 Å². The average Bonchev–Trinajstić information content (AvgIpc) is 3.20. The average molecular weight is 347 g/mol. The number of rotatable bonds is 6. The Bertz CT molecular complexity index is 798. The van der Waals surface area contributed by atoms with Crippen LogP contribution in [0.5, 0.6) is 5.75 Å². The van der Waals surface area contributed by atoms with Gasteiger partial charge in [0.25, 0.3) is 0 Å². The van der Waals surface area contributed by atoms with Crippen molar-refractivity contribution in [3.05, 3.63) is 30.0 Å². The highest BCUT2D eigenvalue weighted by atomic mass is 16.5. The van der Waals surface area contributed by atoms with Gasteiger partial charge in [-0.3, -0.25) is 9.59 Å². The van der Waals surface area contributed by atoms with Crippen LogP contribution in [-0.4, -0.2) is 55.8 Å². The van der Waals surface area contributed by atoms with Crippen molar-refractivity contribution in [1.82, 2.24) is 4.90 Å². The molecule has 1 saturated heterocycles. The van der Waals surface area contributed by atoms with Gasteiger partial charge < -0.3 is 23.9 Å². The van der Waals surface area contributed by atoms with Crippen LogP contribution in [0.25, 0.3) is 11.0 Å². The molecule has 0 radical (unpaired) electrons. The highest BCUT2D eigenvalue weighted by Crippen LogP contribution is 2.32. The number of furan rings is 1. The summed E-state index contributed by atoms with van der Waals surface area (Å²) < 4.78 is 15.7. The number of carbonyl (C=O) groups excluding carboxylic acids is 1. The summed E-state index contributed by atoms with van der Waals surface area (Å²) in [6.07, 6.45) is 2.13. The van der Waals surface area contributed by atoms with E-state index in [4.69, 9.17) is 13.9 Å². The number of benzene rings is 1. The zero-order valence-electron chi connectivity index (χ0n) is 14.3. The number of hydrogen-bond acceptors (Lipinski definition) is 5. The molecule has 134 valence electrons. The highest BCUT2D eigenvalue weighted by Gasteiger charge is 2.46. The van der Waals surface area contributed by atoms with E-state index in [0.717, 1.165) is 10.9 Å². The van der Waals surface area contributed by atoms with Gasteiger partial charge in [-0.25, -0.2) is 0 Å². The first-order valence-electron chi connectivity index (χ1n) is 8.03. The van der Waals surface area contributed by atoms with E-state index in [0.29, 0.717) is 24.3 Å². The lowest BCUT2D eigenvalue weighted by molar-refractivity contribution is -0.151. The molecule has 1 aliphatic rings. The van der Waals surface area contributed by atoms with Crippen molar-refractivity contribution in [3.8, 4) is 5.75 Å². The molecule has 1 atom stereocenters. The molecule has 1 fully saturated rings. The number of carboxylic acids is 1. The third-order valence-corrected chi connectivity index (χ3v) is 4.79. The molecule has 0 saturated carbocycles. The van der Waals surface area contributed by atoms with E-state index in [9.17, 15) is 14.7 Å². The van der Waals surface area contributed by atoms with Gasteiger partial charge in [-0.2, -0.15) is 0 Å². The van der Waals surface area contributed by atoms with E-state index in [1.165, 1.54) is 7.11 Å². The molecule has 2 heterocycles. The first-order chi connectivity index (χ1) is 12.0. The number of hydrogen-bond donors (Lipinski definition) is 1. The van der Waals surface area contributed by atoms with Crippen LogP contribution in [0.1, 0.15) is 12.0 Å². The summed E-state index contributed by atoms with van der Waals surface area (Å²) in [5.74, 6) is -0.353. The smallest absolute Gasteiger partial charge is 0.313 e. The Morgan fingerprint density at radius 3 is 2.84 bits per heavy atom. The first kappa shape index (κ1) is 17.3. The third kappa shape index (κ3) is 3.19. The minimum Gasteiger partial charge on any atom is -0.497 e. The van der Waals surface area contributed by atoms with Gasteiger partial charge in [-0.1, -0.05) is 0 Å². The van der Waals surface area contributed by atoms with Crippen LogP contribution in [0.2, 0.25) is 0 Å². The second-order valence-electron chi connectivity index (χ2n) is 6.38. The Labute approximate surface area is 145 Å². The monoisotopic (exact) mass is 347 g/mol. The van der Waals surface area contributed by atoms with Crippen LogP contribution in [-0.2, 0) is 20.7 Å². The second-order valence-corrected chi connectivity index (χ2v) is 6.38. The molecule has 0 aliphatic carbocycles. The predicted molar refractivity (Wildman–Crippen MR) is 89.6 cm³/mol. The Morgan fingerprint density at radius 1 is 1.36 bits per heavy atom. The van der Waals surface area contributed by atoms with Gasteiger partial charge in [0.05, 0.1) is 26.4 Å². The van der Waals surface area contributed by atoms with Gasteiger partial charge in [0.15, 0.2) is 0 Å². The van der Waals surface area contributed by atoms with Gasteiger partial charge in [-0.15, -0.1) is 0 Å². The maximum Gasteiger partial charge on any atom is 0.313 e. The summed E-state index contributed by atoms with van der Waals surface area (Å²) >= 11 is 0. The lowest BCUT2D eigenvalue weighted by Gasteiger charge is -2.23. The molecule has 1 N–H and O–H groups in total. The standard InChI is InChI=1S/C18H21NO6/c1-23-11-18(17(21)22)5-6-19(10-18)16(20)7-12-9-25-15-8-13(24-2)3-4-14(12)15/h3-4,8-9H,5-7,10-11H2,1-2H3,(H,21,22). The van der Waals surface area contributed by atoms with E-state index in [-0.39, 0.29) is 25.5 Å². The van der Waals surface area contributed by atoms with Crippen molar-refractivity contribution in [2.75, 3.05) is 33.9 Å². The minimum absolute atomic E-state index is 0.0978. The van der Waals surface area contributed by atoms with Crippen LogP contribution in [0.3, 0.4) is 0 Å². The van der Waals surface area contributed by atoms with Crippen molar-refractivity contribution in [2.45, 2.75) is 12.8 Å². The molecular formula is C18H21NO6. The molecule has 1 unspecified atom stereocenters. The van der Waals surface area contributed by atoms with Crippen molar-refractivity contribution in [2.24, 2.45) is 5.41 Å². The molecule has 0 spiro atoms. The number of ether oxygens (including phenoxy) is 2.